The van der Waals surface area contributed by atoms with Gasteiger partial charge in [-0.25, -0.2) is 0 Å². The van der Waals surface area contributed by atoms with E-state index in [0.29, 0.717) is 0 Å². The Morgan fingerprint density at radius 1 is 1.83 bits per heavy atom. The Hall–Kier alpha value is -0.300. The minimum absolute atomic E-state index is 0.931. The minimum atomic E-state index is 0.931. The molecule has 1 N–H and O–H groups in total. The highest BCUT2D eigenvalue weighted by Gasteiger charge is 1.73. The van der Waals surface area contributed by atoms with E-state index in [1.165, 1.54) is 5.57 Å². The van der Waals surface area contributed by atoms with Crippen LogP contribution in [0.3, 0.4) is 0 Å². The first kappa shape index (κ1) is 5.70. The Kier molecular flexibility index (Phi) is 2.77. The maximum absolute atomic E-state index is 3.68. The van der Waals surface area contributed by atoms with E-state index < -0.39 is 0 Å². The molecule has 0 fully saturated rings. The first-order valence-electron chi connectivity index (χ1n) is 2.06. The third-order valence-corrected chi connectivity index (χ3v) is 0.479. The van der Waals surface area contributed by atoms with Crippen LogP contribution in [0.4, 0.5) is 0 Å². The summed E-state index contributed by atoms with van der Waals surface area (Å²) < 4.78 is 0. The molecule has 0 saturated carbocycles. The van der Waals surface area contributed by atoms with Gasteiger partial charge in [-0.1, -0.05) is 12.2 Å². The molecule has 0 bridgehead atoms. The topological polar surface area (TPSA) is 12.0 Å². The van der Waals surface area contributed by atoms with Crippen LogP contribution in [0.15, 0.2) is 12.2 Å². The number of rotatable bonds is 2. The summed E-state index contributed by atoms with van der Waals surface area (Å²) in [7, 11) is 1.91. The molecule has 0 aliphatic heterocycles. The van der Waals surface area contributed by atoms with E-state index in [1.807, 2.05) is 14.0 Å². The zero-order valence-electron chi connectivity index (χ0n) is 4.41. The summed E-state index contributed by atoms with van der Waals surface area (Å²) in [6.45, 7) is 6.61. The Bertz CT molecular complexity index is 47.9. The van der Waals surface area contributed by atoms with Crippen molar-refractivity contribution >= 4 is 0 Å². The second-order valence-corrected chi connectivity index (χ2v) is 1.49. The average Bonchev–Trinajstić information content (AvgIpc) is 1.35. The van der Waals surface area contributed by atoms with Crippen LogP contribution < -0.4 is 5.32 Å². The Morgan fingerprint density at radius 2 is 2.33 bits per heavy atom. The van der Waals surface area contributed by atoms with Gasteiger partial charge in [0.15, 0.2) is 0 Å². The molecule has 0 unspecified atom stereocenters. The van der Waals surface area contributed by atoms with Gasteiger partial charge in [-0.15, -0.1) is 0 Å². The molecule has 36 valence electrons. The van der Waals surface area contributed by atoms with Crippen LogP contribution in [-0.2, 0) is 0 Å². The van der Waals surface area contributed by atoms with Crippen molar-refractivity contribution < 1.29 is 0 Å². The fourth-order valence-corrected chi connectivity index (χ4v) is 0.302. The summed E-state index contributed by atoms with van der Waals surface area (Å²) in [6.07, 6.45) is 0. The zero-order chi connectivity index (χ0) is 4.99. The van der Waals surface area contributed by atoms with Crippen molar-refractivity contribution in [3.63, 3.8) is 0 Å². The first-order chi connectivity index (χ1) is 2.77. The van der Waals surface area contributed by atoms with Gasteiger partial charge in [0.25, 0.3) is 0 Å². The summed E-state index contributed by atoms with van der Waals surface area (Å²) in [5.41, 5.74) is 1.18. The van der Waals surface area contributed by atoms with Crippen LogP contribution in [0.2, 0.25) is 0 Å². The third-order valence-electron chi connectivity index (χ3n) is 0.479. The molecule has 0 aliphatic carbocycles. The van der Waals surface area contributed by atoms with E-state index in [2.05, 4.69) is 11.9 Å². The van der Waals surface area contributed by atoms with E-state index in [9.17, 15) is 0 Å². The van der Waals surface area contributed by atoms with Crippen molar-refractivity contribution in [1.82, 2.24) is 5.32 Å². The molecule has 0 saturated heterocycles. The monoisotopic (exact) mass is 85.1 g/mol. The van der Waals surface area contributed by atoms with Crippen molar-refractivity contribution in [2.45, 2.75) is 6.92 Å². The summed E-state index contributed by atoms with van der Waals surface area (Å²) in [5, 5.41) is 2.97. The number of nitrogens with one attached hydrogen (secondary N) is 1. The number of likely N-dealkylation sites (N-methyl/N-ethyl adjacent to an activating group) is 1. The van der Waals surface area contributed by atoms with E-state index in [-0.39, 0.29) is 0 Å². The van der Waals surface area contributed by atoms with Gasteiger partial charge in [0.2, 0.25) is 0 Å². The van der Waals surface area contributed by atoms with E-state index in [0.717, 1.165) is 6.54 Å². The predicted molar refractivity (Wildman–Crippen MR) is 28.7 cm³/mol. The summed E-state index contributed by atoms with van der Waals surface area (Å²) in [5.74, 6) is 0. The summed E-state index contributed by atoms with van der Waals surface area (Å²) >= 11 is 0. The fourth-order valence-electron chi connectivity index (χ4n) is 0.302. The lowest BCUT2D eigenvalue weighted by Crippen LogP contribution is -2.07. The smallest absolute Gasteiger partial charge is 0.0156 e. The zero-order valence-corrected chi connectivity index (χ0v) is 4.41. The van der Waals surface area contributed by atoms with E-state index >= 15 is 0 Å². The van der Waals surface area contributed by atoms with Gasteiger partial charge in [0.1, 0.15) is 0 Å². The fraction of sp³-hybridized carbons (Fsp3) is 0.600. The Balaban J connectivity index is 2.83. The van der Waals surface area contributed by atoms with E-state index in [4.69, 9.17) is 0 Å². The van der Waals surface area contributed by atoms with E-state index in [1.54, 1.807) is 0 Å². The van der Waals surface area contributed by atoms with Gasteiger partial charge in [-0.3, -0.25) is 0 Å². The molecule has 1 nitrogen and oxygen atoms in total. The molecular weight excluding hydrogens is 74.1 g/mol. The van der Waals surface area contributed by atoms with Crippen LogP contribution in [-0.4, -0.2) is 13.6 Å². The second kappa shape index (κ2) is 2.91. The number of hydrogen-bond acceptors (Lipinski definition) is 1. The van der Waals surface area contributed by atoms with Crippen LogP contribution in [0.5, 0.6) is 0 Å². The Morgan fingerprint density at radius 3 is 2.33 bits per heavy atom. The molecule has 6 heavy (non-hydrogen) atoms. The largest absolute Gasteiger partial charge is 0.316 e. The molecule has 0 amide bonds. The van der Waals surface area contributed by atoms with Crippen LogP contribution in [0.25, 0.3) is 0 Å². The maximum atomic E-state index is 3.68. The van der Waals surface area contributed by atoms with Gasteiger partial charge in [-0.2, -0.15) is 0 Å². The van der Waals surface area contributed by atoms with Crippen LogP contribution in [0, 0.1) is 0 Å². The predicted octanol–water partition coefficient (Wildman–Crippen LogP) is 0.782. The second-order valence-electron chi connectivity index (χ2n) is 1.49. The molecule has 0 aliphatic rings. The third kappa shape index (κ3) is 3.70. The molecule has 0 rings (SSSR count). The van der Waals surface area contributed by atoms with Crippen molar-refractivity contribution in [2.24, 2.45) is 0 Å². The van der Waals surface area contributed by atoms with Crippen LogP contribution >= 0.6 is 0 Å². The highest BCUT2D eigenvalue weighted by Crippen LogP contribution is 1.77. The quantitative estimate of drug-likeness (QED) is 0.489. The van der Waals surface area contributed by atoms with Gasteiger partial charge >= 0.3 is 0 Å². The van der Waals surface area contributed by atoms with Crippen molar-refractivity contribution in [3.05, 3.63) is 12.2 Å². The molecule has 1 heteroatoms. The first-order valence-corrected chi connectivity index (χ1v) is 2.06. The highest BCUT2D eigenvalue weighted by molar-refractivity contribution is 4.89. The van der Waals surface area contributed by atoms with Gasteiger partial charge in [0, 0.05) is 6.54 Å². The average molecular weight is 85.1 g/mol. The lowest BCUT2D eigenvalue weighted by molar-refractivity contribution is 0.883. The van der Waals surface area contributed by atoms with Crippen molar-refractivity contribution in [3.8, 4) is 0 Å². The molecular formula is C5H11N. The molecule has 0 aromatic heterocycles. The van der Waals surface area contributed by atoms with Gasteiger partial charge in [-0.05, 0) is 14.0 Å². The standard InChI is InChI=1S/C5H11N/c1-5(2)4-6-3/h6H,1,4H2,2-3H3. The SMILES string of the molecule is C=C(C)CNC. The molecule has 0 atom stereocenters. The van der Waals surface area contributed by atoms with Gasteiger partial charge < -0.3 is 5.32 Å². The highest BCUT2D eigenvalue weighted by atomic mass is 14.8. The Labute approximate surface area is 39.1 Å². The lowest BCUT2D eigenvalue weighted by Gasteiger charge is -1.90. The normalized spacial score (nSPS) is 8.33. The molecule has 0 heterocycles. The van der Waals surface area contributed by atoms with Gasteiger partial charge in [0.05, 0.1) is 0 Å². The minimum Gasteiger partial charge on any atom is -0.316 e. The number of hydrogen-bond donors (Lipinski definition) is 1. The summed E-state index contributed by atoms with van der Waals surface area (Å²) in [6, 6.07) is 0. The molecule has 0 aromatic rings. The van der Waals surface area contributed by atoms with Crippen molar-refractivity contribution in [1.29, 1.82) is 0 Å². The van der Waals surface area contributed by atoms with Crippen LogP contribution in [0.1, 0.15) is 6.92 Å². The summed E-state index contributed by atoms with van der Waals surface area (Å²) in [4.78, 5) is 0. The van der Waals surface area contributed by atoms with Crippen molar-refractivity contribution in [2.75, 3.05) is 13.6 Å². The molecule has 0 radical (unpaired) electrons. The lowest BCUT2D eigenvalue weighted by atomic mass is 10.4. The molecule has 0 aromatic carbocycles. The maximum Gasteiger partial charge on any atom is 0.0156 e. The molecule has 0 spiro atoms.